The van der Waals surface area contributed by atoms with Crippen molar-refractivity contribution < 1.29 is 0 Å². The Kier molecular flexibility index (Phi) is 4.77. The van der Waals surface area contributed by atoms with Crippen molar-refractivity contribution >= 4 is 0 Å². The normalized spacial score (nSPS) is 22.7. The van der Waals surface area contributed by atoms with Gasteiger partial charge in [-0.1, -0.05) is 0 Å². The standard InChI is InChI=1S/C13H29N3/c1-13(2,14)10-12(15(3)4)11-6-8-16(5)9-7-11/h11-12H,6-10,14H2,1-5H3. The topological polar surface area (TPSA) is 32.5 Å². The van der Waals surface area contributed by atoms with E-state index < -0.39 is 0 Å². The molecule has 3 heteroatoms. The molecule has 1 aliphatic heterocycles. The van der Waals surface area contributed by atoms with Gasteiger partial charge in [-0.25, -0.2) is 0 Å². The van der Waals surface area contributed by atoms with E-state index in [1.807, 2.05) is 0 Å². The van der Waals surface area contributed by atoms with E-state index >= 15 is 0 Å². The van der Waals surface area contributed by atoms with Crippen LogP contribution in [0.25, 0.3) is 0 Å². The lowest BCUT2D eigenvalue weighted by Gasteiger charge is -2.40. The number of hydrogen-bond acceptors (Lipinski definition) is 3. The van der Waals surface area contributed by atoms with Crippen LogP contribution in [0.15, 0.2) is 0 Å². The van der Waals surface area contributed by atoms with Crippen LogP contribution in [0.1, 0.15) is 33.1 Å². The summed E-state index contributed by atoms with van der Waals surface area (Å²) in [7, 11) is 6.59. The fourth-order valence-electron chi connectivity index (χ4n) is 2.72. The fraction of sp³-hybridized carbons (Fsp3) is 1.00. The molecule has 1 atom stereocenters. The molecule has 2 N–H and O–H groups in total. The molecule has 0 aromatic heterocycles. The zero-order valence-corrected chi connectivity index (χ0v) is 11.7. The molecule has 1 unspecified atom stereocenters. The van der Waals surface area contributed by atoms with E-state index in [4.69, 9.17) is 5.73 Å². The molecular weight excluding hydrogens is 198 g/mol. The number of nitrogens with two attached hydrogens (primary N) is 1. The Balaban J connectivity index is 2.56. The molecule has 0 radical (unpaired) electrons. The Morgan fingerprint density at radius 1 is 1.31 bits per heavy atom. The highest BCUT2D eigenvalue weighted by atomic mass is 15.1. The summed E-state index contributed by atoms with van der Waals surface area (Å²) < 4.78 is 0. The minimum Gasteiger partial charge on any atom is -0.326 e. The summed E-state index contributed by atoms with van der Waals surface area (Å²) in [5, 5.41) is 0. The minimum atomic E-state index is -0.0573. The van der Waals surface area contributed by atoms with Crippen LogP contribution < -0.4 is 5.73 Å². The maximum absolute atomic E-state index is 6.17. The van der Waals surface area contributed by atoms with Crippen molar-refractivity contribution in [1.82, 2.24) is 9.80 Å². The molecule has 3 nitrogen and oxygen atoms in total. The number of nitrogens with zero attached hydrogens (tertiary/aromatic N) is 2. The Labute approximate surface area is 101 Å². The predicted molar refractivity (Wildman–Crippen MR) is 70.6 cm³/mol. The van der Waals surface area contributed by atoms with Crippen LogP contribution >= 0.6 is 0 Å². The highest BCUT2D eigenvalue weighted by molar-refractivity contribution is 4.87. The van der Waals surface area contributed by atoms with Gasteiger partial charge < -0.3 is 15.5 Å². The van der Waals surface area contributed by atoms with Crippen LogP contribution in [0, 0.1) is 5.92 Å². The van der Waals surface area contributed by atoms with Crippen molar-refractivity contribution in [1.29, 1.82) is 0 Å². The summed E-state index contributed by atoms with van der Waals surface area (Å²) in [6.07, 6.45) is 3.72. The van der Waals surface area contributed by atoms with Gasteiger partial charge in [0.05, 0.1) is 0 Å². The molecule has 1 heterocycles. The third-order valence-corrected chi connectivity index (χ3v) is 3.71. The summed E-state index contributed by atoms with van der Waals surface area (Å²) in [4.78, 5) is 4.79. The Morgan fingerprint density at radius 2 is 1.81 bits per heavy atom. The highest BCUT2D eigenvalue weighted by Crippen LogP contribution is 2.27. The molecule has 0 saturated carbocycles. The summed E-state index contributed by atoms with van der Waals surface area (Å²) in [5.74, 6) is 0.814. The van der Waals surface area contributed by atoms with Crippen molar-refractivity contribution in [3.05, 3.63) is 0 Å². The molecule has 1 saturated heterocycles. The van der Waals surface area contributed by atoms with Gasteiger partial charge in [0, 0.05) is 11.6 Å². The van der Waals surface area contributed by atoms with Crippen LogP contribution in [-0.2, 0) is 0 Å². The average Bonchev–Trinajstić information content (AvgIpc) is 2.14. The van der Waals surface area contributed by atoms with Gasteiger partial charge in [0.1, 0.15) is 0 Å². The van der Waals surface area contributed by atoms with Gasteiger partial charge >= 0.3 is 0 Å². The Hall–Kier alpha value is -0.120. The van der Waals surface area contributed by atoms with E-state index in [-0.39, 0.29) is 5.54 Å². The largest absolute Gasteiger partial charge is 0.326 e. The predicted octanol–water partition coefficient (Wildman–Crippen LogP) is 1.39. The SMILES string of the molecule is CN1CCC(C(CC(C)(C)N)N(C)C)CC1. The van der Waals surface area contributed by atoms with Crippen molar-refractivity contribution in [3.8, 4) is 0 Å². The molecule has 96 valence electrons. The molecular formula is C13H29N3. The van der Waals surface area contributed by atoms with Gasteiger partial charge in [0.2, 0.25) is 0 Å². The molecule has 16 heavy (non-hydrogen) atoms. The summed E-state index contributed by atoms with van der Waals surface area (Å²) in [6.45, 7) is 6.75. The van der Waals surface area contributed by atoms with Gasteiger partial charge in [-0.3, -0.25) is 0 Å². The van der Waals surface area contributed by atoms with Crippen LogP contribution in [0.5, 0.6) is 0 Å². The third-order valence-electron chi connectivity index (χ3n) is 3.71. The van der Waals surface area contributed by atoms with E-state index in [2.05, 4.69) is 44.8 Å². The molecule has 0 aromatic carbocycles. The lowest BCUT2D eigenvalue weighted by molar-refractivity contribution is 0.111. The Morgan fingerprint density at radius 3 is 2.19 bits per heavy atom. The first-order valence-electron chi connectivity index (χ1n) is 6.43. The molecule has 0 spiro atoms. The molecule has 0 aromatic rings. The number of likely N-dealkylation sites (tertiary alicyclic amines) is 1. The zero-order chi connectivity index (χ0) is 12.3. The Bertz CT molecular complexity index is 200. The summed E-state index contributed by atoms with van der Waals surface area (Å²) in [5.41, 5.74) is 6.11. The van der Waals surface area contributed by atoms with Gasteiger partial charge in [0.25, 0.3) is 0 Å². The molecule has 0 bridgehead atoms. The third kappa shape index (κ3) is 4.40. The summed E-state index contributed by atoms with van der Waals surface area (Å²) in [6, 6.07) is 0.633. The van der Waals surface area contributed by atoms with E-state index in [1.54, 1.807) is 0 Å². The van der Waals surface area contributed by atoms with Crippen molar-refractivity contribution in [2.24, 2.45) is 11.7 Å². The number of piperidine rings is 1. The first-order chi connectivity index (χ1) is 7.29. The van der Waals surface area contributed by atoms with Crippen LogP contribution in [0.3, 0.4) is 0 Å². The first-order valence-corrected chi connectivity index (χ1v) is 6.43. The number of hydrogen-bond donors (Lipinski definition) is 1. The quantitative estimate of drug-likeness (QED) is 0.788. The van der Waals surface area contributed by atoms with Gasteiger partial charge in [0.15, 0.2) is 0 Å². The molecule has 0 amide bonds. The van der Waals surface area contributed by atoms with E-state index in [9.17, 15) is 0 Å². The maximum Gasteiger partial charge on any atom is 0.0136 e. The molecule has 1 fully saturated rings. The van der Waals surface area contributed by atoms with E-state index in [0.717, 1.165) is 12.3 Å². The van der Waals surface area contributed by atoms with Crippen LogP contribution in [-0.4, -0.2) is 55.6 Å². The first kappa shape index (κ1) is 13.9. The zero-order valence-electron chi connectivity index (χ0n) is 11.7. The van der Waals surface area contributed by atoms with Crippen LogP contribution in [0.4, 0.5) is 0 Å². The summed E-state index contributed by atoms with van der Waals surface area (Å²) >= 11 is 0. The second kappa shape index (κ2) is 5.48. The number of rotatable bonds is 4. The van der Waals surface area contributed by atoms with Crippen molar-refractivity contribution in [3.63, 3.8) is 0 Å². The van der Waals surface area contributed by atoms with Gasteiger partial charge in [-0.2, -0.15) is 0 Å². The van der Waals surface area contributed by atoms with E-state index in [0.29, 0.717) is 6.04 Å². The van der Waals surface area contributed by atoms with Crippen LogP contribution in [0.2, 0.25) is 0 Å². The second-order valence-electron chi connectivity index (χ2n) is 6.36. The lowest BCUT2D eigenvalue weighted by atomic mass is 9.82. The van der Waals surface area contributed by atoms with Crippen molar-refractivity contribution in [2.75, 3.05) is 34.2 Å². The van der Waals surface area contributed by atoms with E-state index in [1.165, 1.54) is 25.9 Å². The van der Waals surface area contributed by atoms with Gasteiger partial charge in [-0.05, 0) is 73.3 Å². The monoisotopic (exact) mass is 227 g/mol. The van der Waals surface area contributed by atoms with Crippen molar-refractivity contribution in [2.45, 2.75) is 44.7 Å². The van der Waals surface area contributed by atoms with Gasteiger partial charge in [-0.15, -0.1) is 0 Å². The highest BCUT2D eigenvalue weighted by Gasteiger charge is 2.30. The molecule has 1 rings (SSSR count). The maximum atomic E-state index is 6.17. The molecule has 0 aliphatic carbocycles. The smallest absolute Gasteiger partial charge is 0.0136 e. The second-order valence-corrected chi connectivity index (χ2v) is 6.36. The molecule has 1 aliphatic rings. The lowest BCUT2D eigenvalue weighted by Crippen LogP contribution is -2.47. The minimum absolute atomic E-state index is 0.0573. The fourth-order valence-corrected chi connectivity index (χ4v) is 2.72. The average molecular weight is 227 g/mol.